The highest BCUT2D eigenvalue weighted by Gasteiger charge is 1.98. The first-order valence-electron chi connectivity index (χ1n) is 3.00. The molecule has 1 N–H and O–H groups in total. The fourth-order valence-electron chi connectivity index (χ4n) is 0.696. The van der Waals surface area contributed by atoms with Gasteiger partial charge in [-0.05, 0) is 12.1 Å². The SMILES string of the molecule is Bc1ccc(C(=O)O)cc1. The largest absolute Gasteiger partial charge is 0.478 e. The molecule has 2 nitrogen and oxygen atoms in total. The number of hydrogen-bond acceptors (Lipinski definition) is 1. The molecule has 0 aliphatic heterocycles. The van der Waals surface area contributed by atoms with Crippen LogP contribution < -0.4 is 5.46 Å². The van der Waals surface area contributed by atoms with Gasteiger partial charge in [-0.25, -0.2) is 4.79 Å². The lowest BCUT2D eigenvalue weighted by Crippen LogP contribution is -2.03. The van der Waals surface area contributed by atoms with E-state index in [9.17, 15) is 4.79 Å². The Morgan fingerprint density at radius 3 is 2.20 bits per heavy atom. The molecule has 1 aromatic rings. The zero-order valence-corrected chi connectivity index (χ0v) is 5.66. The second-order valence-corrected chi connectivity index (χ2v) is 2.17. The van der Waals surface area contributed by atoms with Gasteiger partial charge < -0.3 is 5.11 Å². The van der Waals surface area contributed by atoms with Gasteiger partial charge in [0.25, 0.3) is 0 Å². The summed E-state index contributed by atoms with van der Waals surface area (Å²) in [5, 5.41) is 8.48. The number of carboxylic acid groups (broad SMARTS) is 1. The van der Waals surface area contributed by atoms with Gasteiger partial charge in [-0.15, -0.1) is 0 Å². The highest BCUT2D eigenvalue weighted by Crippen LogP contribution is 1.94. The lowest BCUT2D eigenvalue weighted by atomic mass is 9.95. The summed E-state index contributed by atoms with van der Waals surface area (Å²) in [4.78, 5) is 10.3. The lowest BCUT2D eigenvalue weighted by molar-refractivity contribution is 0.0697. The Kier molecular flexibility index (Phi) is 1.76. The summed E-state index contributed by atoms with van der Waals surface area (Å²) in [6.45, 7) is 0. The molecule has 0 aliphatic carbocycles. The van der Waals surface area contributed by atoms with E-state index >= 15 is 0 Å². The molecule has 0 aromatic heterocycles. The average molecular weight is 134 g/mol. The summed E-state index contributed by atoms with van der Waals surface area (Å²) >= 11 is 0. The minimum absolute atomic E-state index is 0.339. The summed E-state index contributed by atoms with van der Waals surface area (Å²) in [6.07, 6.45) is 0. The third-order valence-electron chi connectivity index (χ3n) is 1.30. The quantitative estimate of drug-likeness (QED) is 0.532. The molecule has 0 spiro atoms. The van der Waals surface area contributed by atoms with Gasteiger partial charge in [-0.3, -0.25) is 0 Å². The van der Waals surface area contributed by atoms with Gasteiger partial charge in [0.15, 0.2) is 0 Å². The number of benzene rings is 1. The zero-order valence-electron chi connectivity index (χ0n) is 5.66. The van der Waals surface area contributed by atoms with Crippen molar-refractivity contribution in [3.05, 3.63) is 29.8 Å². The van der Waals surface area contributed by atoms with Gasteiger partial charge in [-0.1, -0.05) is 17.6 Å². The number of aromatic carboxylic acids is 1. The van der Waals surface area contributed by atoms with Crippen LogP contribution in [0.1, 0.15) is 10.4 Å². The van der Waals surface area contributed by atoms with Gasteiger partial charge in [0.05, 0.1) is 5.56 Å². The minimum atomic E-state index is -0.875. The van der Waals surface area contributed by atoms with E-state index in [-0.39, 0.29) is 0 Å². The third kappa shape index (κ3) is 1.38. The van der Waals surface area contributed by atoms with E-state index in [0.717, 1.165) is 5.46 Å². The predicted molar refractivity (Wildman–Crippen MR) is 41.6 cm³/mol. The second-order valence-electron chi connectivity index (χ2n) is 2.17. The van der Waals surface area contributed by atoms with Crippen molar-refractivity contribution in [3.63, 3.8) is 0 Å². The van der Waals surface area contributed by atoms with Crippen LogP contribution in [0, 0.1) is 0 Å². The molecule has 0 saturated heterocycles. The van der Waals surface area contributed by atoms with Crippen LogP contribution in [-0.4, -0.2) is 18.9 Å². The Balaban J connectivity index is 3.00. The van der Waals surface area contributed by atoms with E-state index in [1.165, 1.54) is 0 Å². The molecule has 0 saturated carbocycles. The third-order valence-corrected chi connectivity index (χ3v) is 1.30. The zero-order chi connectivity index (χ0) is 7.56. The first-order valence-corrected chi connectivity index (χ1v) is 3.00. The maximum absolute atomic E-state index is 10.3. The van der Waals surface area contributed by atoms with Crippen molar-refractivity contribution < 1.29 is 9.90 Å². The fraction of sp³-hybridized carbons (Fsp3) is 0. The minimum Gasteiger partial charge on any atom is -0.478 e. The lowest BCUT2D eigenvalue weighted by Gasteiger charge is -1.92. The fourth-order valence-corrected chi connectivity index (χ4v) is 0.696. The topological polar surface area (TPSA) is 37.3 Å². The Morgan fingerprint density at radius 1 is 1.30 bits per heavy atom. The molecule has 0 bridgehead atoms. The Bertz CT molecular complexity index is 240. The van der Waals surface area contributed by atoms with Crippen LogP contribution in [0.2, 0.25) is 0 Å². The first-order chi connectivity index (χ1) is 4.70. The molecule has 0 fully saturated rings. The monoisotopic (exact) mass is 134 g/mol. The molecule has 0 aliphatic rings. The summed E-state index contributed by atoms with van der Waals surface area (Å²) in [5.74, 6) is -0.875. The number of hydrogen-bond donors (Lipinski definition) is 1. The summed E-state index contributed by atoms with van der Waals surface area (Å²) in [6, 6.07) is 6.75. The van der Waals surface area contributed by atoms with Crippen LogP contribution in [-0.2, 0) is 0 Å². The van der Waals surface area contributed by atoms with E-state index in [1.807, 2.05) is 7.85 Å². The first kappa shape index (κ1) is 6.87. The smallest absolute Gasteiger partial charge is 0.335 e. The van der Waals surface area contributed by atoms with Crippen molar-refractivity contribution >= 4 is 19.3 Å². The van der Waals surface area contributed by atoms with Crippen molar-refractivity contribution in [2.24, 2.45) is 0 Å². The normalized spacial score (nSPS) is 9.20. The van der Waals surface area contributed by atoms with Gasteiger partial charge in [0, 0.05) is 0 Å². The van der Waals surface area contributed by atoms with Crippen molar-refractivity contribution in [2.75, 3.05) is 0 Å². The van der Waals surface area contributed by atoms with Gasteiger partial charge in [0.1, 0.15) is 7.85 Å². The molecule has 0 atom stereocenters. The molecule has 1 aromatic carbocycles. The second kappa shape index (κ2) is 2.56. The van der Waals surface area contributed by atoms with Gasteiger partial charge >= 0.3 is 5.97 Å². The van der Waals surface area contributed by atoms with E-state index in [2.05, 4.69) is 0 Å². The Labute approximate surface area is 59.9 Å². The van der Waals surface area contributed by atoms with Gasteiger partial charge in [0.2, 0.25) is 0 Å². The van der Waals surface area contributed by atoms with Crippen LogP contribution in [0.5, 0.6) is 0 Å². The van der Waals surface area contributed by atoms with Crippen LogP contribution in [0.4, 0.5) is 0 Å². The molecule has 3 heteroatoms. The van der Waals surface area contributed by atoms with Crippen molar-refractivity contribution in [2.45, 2.75) is 0 Å². The van der Waals surface area contributed by atoms with Crippen LogP contribution in [0.3, 0.4) is 0 Å². The van der Waals surface area contributed by atoms with E-state index in [0.29, 0.717) is 5.56 Å². The standard InChI is InChI=1S/C7H7BO2/c8-6-3-1-5(2-4-6)7(9)10/h1-4H,8H2,(H,9,10). The predicted octanol–water partition coefficient (Wildman–Crippen LogP) is -0.357. The van der Waals surface area contributed by atoms with Crippen LogP contribution >= 0.6 is 0 Å². The molecule has 0 heterocycles. The van der Waals surface area contributed by atoms with Crippen molar-refractivity contribution in [1.29, 1.82) is 0 Å². The van der Waals surface area contributed by atoms with E-state index < -0.39 is 5.97 Å². The maximum Gasteiger partial charge on any atom is 0.335 e. The molecular formula is C7H7BO2. The summed E-state index contributed by atoms with van der Waals surface area (Å²) in [5.41, 5.74) is 1.41. The molecule has 0 radical (unpaired) electrons. The van der Waals surface area contributed by atoms with Gasteiger partial charge in [-0.2, -0.15) is 0 Å². The summed E-state index contributed by atoms with van der Waals surface area (Å²) in [7, 11) is 1.92. The van der Waals surface area contributed by atoms with Crippen LogP contribution in [0.25, 0.3) is 0 Å². The average Bonchev–Trinajstić information content (AvgIpc) is 1.88. The molecular weight excluding hydrogens is 127 g/mol. The molecule has 50 valence electrons. The highest BCUT2D eigenvalue weighted by atomic mass is 16.4. The van der Waals surface area contributed by atoms with Crippen molar-refractivity contribution in [1.82, 2.24) is 0 Å². The molecule has 10 heavy (non-hydrogen) atoms. The Morgan fingerprint density at radius 2 is 1.80 bits per heavy atom. The molecule has 1 rings (SSSR count). The van der Waals surface area contributed by atoms with Crippen LogP contribution in [0.15, 0.2) is 24.3 Å². The number of carbonyl (C=O) groups is 1. The highest BCUT2D eigenvalue weighted by molar-refractivity contribution is 6.32. The summed E-state index contributed by atoms with van der Waals surface area (Å²) < 4.78 is 0. The van der Waals surface area contributed by atoms with E-state index in [4.69, 9.17) is 5.11 Å². The molecule has 0 amide bonds. The number of carboxylic acids is 1. The van der Waals surface area contributed by atoms with Crippen molar-refractivity contribution in [3.8, 4) is 0 Å². The number of rotatable bonds is 1. The molecule has 0 unspecified atom stereocenters. The Hall–Kier alpha value is -1.25. The maximum atomic E-state index is 10.3. The van der Waals surface area contributed by atoms with E-state index in [1.54, 1.807) is 24.3 Å².